The maximum absolute atomic E-state index is 5.89. The molecule has 2 rings (SSSR count). The largest absolute Gasteiger partial charge is 0.356 e. The molecule has 0 aliphatic heterocycles. The van der Waals surface area contributed by atoms with Crippen LogP contribution in [0.5, 0.6) is 0 Å². The fraction of sp³-hybridized carbons (Fsp3) is 0.412. The molecule has 2 N–H and O–H groups in total. The number of thiazole rings is 1. The molecule has 0 unspecified atom stereocenters. The van der Waals surface area contributed by atoms with E-state index in [1.54, 1.807) is 18.4 Å². The molecular weight excluding hydrogens is 328 g/mol. The van der Waals surface area contributed by atoms with Crippen molar-refractivity contribution in [2.75, 3.05) is 13.6 Å². The first kappa shape index (κ1) is 17.8. The van der Waals surface area contributed by atoms with Crippen LogP contribution in [0.4, 0.5) is 0 Å². The van der Waals surface area contributed by atoms with Gasteiger partial charge in [-0.2, -0.15) is 0 Å². The molecule has 124 valence electrons. The highest BCUT2D eigenvalue weighted by molar-refractivity contribution is 7.11. The summed E-state index contributed by atoms with van der Waals surface area (Å²) in [6.07, 6.45) is 1.91. The lowest BCUT2D eigenvalue weighted by Crippen LogP contribution is -2.37. The second-order valence-electron chi connectivity index (χ2n) is 5.19. The van der Waals surface area contributed by atoms with Gasteiger partial charge in [0.2, 0.25) is 0 Å². The summed E-state index contributed by atoms with van der Waals surface area (Å²) in [5.74, 6) is 0.795. The van der Waals surface area contributed by atoms with Gasteiger partial charge in [0.1, 0.15) is 0 Å². The first-order chi connectivity index (χ1) is 11.1. The number of halogens is 1. The zero-order chi connectivity index (χ0) is 16.7. The Bertz CT molecular complexity index is 649. The molecule has 0 aliphatic rings. The summed E-state index contributed by atoms with van der Waals surface area (Å²) in [5, 5.41) is 8.56. The van der Waals surface area contributed by atoms with Gasteiger partial charge < -0.3 is 10.6 Å². The normalized spacial score (nSPS) is 11.6. The van der Waals surface area contributed by atoms with E-state index in [-0.39, 0.29) is 0 Å². The van der Waals surface area contributed by atoms with Crippen LogP contribution < -0.4 is 10.6 Å². The summed E-state index contributed by atoms with van der Waals surface area (Å²) in [6.45, 7) is 5.82. The second kappa shape index (κ2) is 8.89. The third-order valence-corrected chi connectivity index (χ3v) is 4.82. The SMILES string of the molecule is CCc1nc(CCNC(=NC)NCc2ccc(Cl)cc2)sc1C. The van der Waals surface area contributed by atoms with Crippen LogP contribution >= 0.6 is 22.9 Å². The molecule has 4 nitrogen and oxygen atoms in total. The van der Waals surface area contributed by atoms with E-state index in [0.717, 1.165) is 30.4 Å². The van der Waals surface area contributed by atoms with Gasteiger partial charge in [-0.15, -0.1) is 11.3 Å². The fourth-order valence-electron chi connectivity index (χ4n) is 2.22. The number of rotatable bonds is 6. The number of guanidine groups is 1. The van der Waals surface area contributed by atoms with Gasteiger partial charge >= 0.3 is 0 Å². The molecule has 1 aromatic carbocycles. The van der Waals surface area contributed by atoms with Crippen molar-refractivity contribution in [3.63, 3.8) is 0 Å². The van der Waals surface area contributed by atoms with E-state index in [1.165, 1.54) is 21.1 Å². The Balaban J connectivity index is 1.77. The average Bonchev–Trinajstić information content (AvgIpc) is 2.92. The number of aryl methyl sites for hydroxylation is 2. The number of nitrogens with one attached hydrogen (secondary N) is 2. The Kier molecular flexibility index (Phi) is 6.86. The predicted molar refractivity (Wildman–Crippen MR) is 99.6 cm³/mol. The molecule has 0 atom stereocenters. The van der Waals surface area contributed by atoms with Crippen LogP contribution in [0.25, 0.3) is 0 Å². The molecular formula is C17H23ClN4S. The maximum atomic E-state index is 5.89. The lowest BCUT2D eigenvalue weighted by Gasteiger charge is -2.11. The number of nitrogens with zero attached hydrogens (tertiary/aromatic N) is 2. The van der Waals surface area contributed by atoms with Crippen LogP contribution in [-0.4, -0.2) is 24.5 Å². The molecule has 0 radical (unpaired) electrons. The fourth-order valence-corrected chi connectivity index (χ4v) is 3.37. The van der Waals surface area contributed by atoms with Crippen LogP contribution in [0.15, 0.2) is 29.3 Å². The Labute approximate surface area is 147 Å². The maximum Gasteiger partial charge on any atom is 0.191 e. The van der Waals surface area contributed by atoms with E-state index in [4.69, 9.17) is 11.6 Å². The van der Waals surface area contributed by atoms with E-state index in [2.05, 4.69) is 34.5 Å². The average molecular weight is 351 g/mol. The van der Waals surface area contributed by atoms with Crippen molar-refractivity contribution in [2.45, 2.75) is 33.2 Å². The summed E-state index contributed by atoms with van der Waals surface area (Å²) in [7, 11) is 1.78. The Morgan fingerprint density at radius 3 is 2.61 bits per heavy atom. The highest BCUT2D eigenvalue weighted by Gasteiger charge is 2.06. The van der Waals surface area contributed by atoms with Gasteiger partial charge in [-0.1, -0.05) is 30.7 Å². The number of aliphatic imine (C=N–C) groups is 1. The number of benzene rings is 1. The third kappa shape index (κ3) is 5.52. The molecule has 23 heavy (non-hydrogen) atoms. The van der Waals surface area contributed by atoms with Crippen molar-refractivity contribution >= 4 is 28.9 Å². The van der Waals surface area contributed by atoms with Gasteiger partial charge in [0.15, 0.2) is 5.96 Å². The predicted octanol–water partition coefficient (Wildman–Crippen LogP) is 3.58. The summed E-state index contributed by atoms with van der Waals surface area (Å²) >= 11 is 7.68. The Hall–Kier alpha value is -1.59. The van der Waals surface area contributed by atoms with E-state index in [9.17, 15) is 0 Å². The molecule has 0 aliphatic carbocycles. The van der Waals surface area contributed by atoms with Gasteiger partial charge in [-0.05, 0) is 31.0 Å². The van der Waals surface area contributed by atoms with Crippen molar-refractivity contribution in [3.05, 3.63) is 50.4 Å². The lowest BCUT2D eigenvalue weighted by molar-refractivity contribution is 0.789. The van der Waals surface area contributed by atoms with E-state index >= 15 is 0 Å². The van der Waals surface area contributed by atoms with Crippen LogP contribution in [0.1, 0.15) is 28.1 Å². The molecule has 0 bridgehead atoms. The topological polar surface area (TPSA) is 49.3 Å². The molecule has 2 aromatic rings. The number of aromatic nitrogens is 1. The Morgan fingerprint density at radius 2 is 2.00 bits per heavy atom. The van der Waals surface area contributed by atoms with Crippen LogP contribution in [0.2, 0.25) is 5.02 Å². The zero-order valence-electron chi connectivity index (χ0n) is 13.8. The van der Waals surface area contributed by atoms with Gasteiger partial charge in [0.05, 0.1) is 10.7 Å². The van der Waals surface area contributed by atoms with Gasteiger partial charge in [0.25, 0.3) is 0 Å². The van der Waals surface area contributed by atoms with Crippen LogP contribution in [0.3, 0.4) is 0 Å². The number of hydrogen-bond acceptors (Lipinski definition) is 3. The van der Waals surface area contributed by atoms with Gasteiger partial charge in [0, 0.05) is 36.5 Å². The first-order valence-electron chi connectivity index (χ1n) is 7.76. The minimum atomic E-state index is 0.715. The minimum Gasteiger partial charge on any atom is -0.356 e. The summed E-state index contributed by atoms with van der Waals surface area (Å²) < 4.78 is 0. The van der Waals surface area contributed by atoms with Crippen molar-refractivity contribution in [1.29, 1.82) is 0 Å². The van der Waals surface area contributed by atoms with Crippen LogP contribution in [-0.2, 0) is 19.4 Å². The molecule has 0 saturated carbocycles. The molecule has 0 spiro atoms. The van der Waals surface area contributed by atoms with Crippen molar-refractivity contribution in [1.82, 2.24) is 15.6 Å². The molecule has 0 amide bonds. The molecule has 0 saturated heterocycles. The highest BCUT2D eigenvalue weighted by Crippen LogP contribution is 2.17. The zero-order valence-corrected chi connectivity index (χ0v) is 15.4. The van der Waals surface area contributed by atoms with Gasteiger partial charge in [-0.25, -0.2) is 4.98 Å². The molecule has 1 aromatic heterocycles. The summed E-state index contributed by atoms with van der Waals surface area (Å²) in [5.41, 5.74) is 2.38. The second-order valence-corrected chi connectivity index (χ2v) is 6.92. The minimum absolute atomic E-state index is 0.715. The van der Waals surface area contributed by atoms with E-state index < -0.39 is 0 Å². The monoisotopic (exact) mass is 350 g/mol. The number of hydrogen-bond donors (Lipinski definition) is 2. The molecule has 6 heteroatoms. The third-order valence-electron chi connectivity index (χ3n) is 3.50. The van der Waals surface area contributed by atoms with Crippen LogP contribution in [0, 0.1) is 6.92 Å². The Morgan fingerprint density at radius 1 is 1.26 bits per heavy atom. The quantitative estimate of drug-likeness (QED) is 0.618. The summed E-state index contributed by atoms with van der Waals surface area (Å²) in [4.78, 5) is 10.2. The van der Waals surface area contributed by atoms with E-state index in [1.807, 2.05) is 24.3 Å². The smallest absolute Gasteiger partial charge is 0.191 e. The highest BCUT2D eigenvalue weighted by atomic mass is 35.5. The van der Waals surface area contributed by atoms with Gasteiger partial charge in [-0.3, -0.25) is 4.99 Å². The van der Waals surface area contributed by atoms with Crippen molar-refractivity contribution in [3.8, 4) is 0 Å². The molecule has 0 fully saturated rings. The van der Waals surface area contributed by atoms with E-state index in [0.29, 0.717) is 6.54 Å². The summed E-state index contributed by atoms with van der Waals surface area (Å²) in [6, 6.07) is 7.80. The lowest BCUT2D eigenvalue weighted by atomic mass is 10.2. The van der Waals surface area contributed by atoms with Crippen molar-refractivity contribution < 1.29 is 0 Å². The first-order valence-corrected chi connectivity index (χ1v) is 8.96. The standard InChI is InChI=1S/C17H23ClN4S/c1-4-15-12(2)23-16(22-15)9-10-20-17(19-3)21-11-13-5-7-14(18)8-6-13/h5-8H,4,9-11H2,1-3H3,(H2,19,20,21). The van der Waals surface area contributed by atoms with Crippen molar-refractivity contribution in [2.24, 2.45) is 4.99 Å². The molecule has 1 heterocycles.